The Kier molecular flexibility index (Phi) is 4.48. The van der Waals surface area contributed by atoms with E-state index in [0.29, 0.717) is 0 Å². The van der Waals surface area contributed by atoms with Crippen molar-refractivity contribution < 1.29 is 18.3 Å². The Bertz CT molecular complexity index is 587. The summed E-state index contributed by atoms with van der Waals surface area (Å²) in [7, 11) is 0. The van der Waals surface area contributed by atoms with E-state index in [1.54, 1.807) is 36.7 Å². The fourth-order valence-electron chi connectivity index (χ4n) is 2.37. The molecule has 2 aromatic rings. The molecule has 22 heavy (non-hydrogen) atoms. The number of pyridine rings is 1. The molecule has 1 aromatic carbocycles. The number of hydrogen-bond donors (Lipinski definition) is 0. The van der Waals surface area contributed by atoms with Crippen LogP contribution in [-0.2, 0) is 6.54 Å². The zero-order valence-electron chi connectivity index (χ0n) is 11.9. The molecule has 0 saturated carbocycles. The minimum absolute atomic E-state index is 0.182. The highest BCUT2D eigenvalue weighted by Gasteiger charge is 2.28. The van der Waals surface area contributed by atoms with Gasteiger partial charge in [-0.15, -0.1) is 0 Å². The van der Waals surface area contributed by atoms with Gasteiger partial charge in [0.2, 0.25) is 0 Å². The number of hydrogen-bond acceptors (Lipinski definition) is 4. The van der Waals surface area contributed by atoms with Crippen molar-refractivity contribution in [3.63, 3.8) is 0 Å². The first kappa shape index (κ1) is 14.7. The van der Waals surface area contributed by atoms with Crippen LogP contribution in [0.15, 0.2) is 48.8 Å². The van der Waals surface area contributed by atoms with Crippen molar-refractivity contribution >= 4 is 0 Å². The number of rotatable bonds is 6. The average Bonchev–Trinajstić information content (AvgIpc) is 2.47. The molecular weight excluding hydrogens is 290 g/mol. The highest BCUT2D eigenvalue weighted by atomic mass is 19.3. The van der Waals surface area contributed by atoms with Crippen LogP contribution in [0.2, 0.25) is 0 Å². The van der Waals surface area contributed by atoms with E-state index in [4.69, 9.17) is 4.74 Å². The molecular formula is C16H16F2N2O2. The number of halogens is 2. The van der Waals surface area contributed by atoms with Crippen LogP contribution < -0.4 is 9.47 Å². The van der Waals surface area contributed by atoms with Crippen LogP contribution in [0.3, 0.4) is 0 Å². The monoisotopic (exact) mass is 306 g/mol. The first-order valence-electron chi connectivity index (χ1n) is 7.02. The zero-order valence-corrected chi connectivity index (χ0v) is 11.9. The van der Waals surface area contributed by atoms with Crippen LogP contribution in [0.4, 0.5) is 8.78 Å². The lowest BCUT2D eigenvalue weighted by Crippen LogP contribution is -2.53. The van der Waals surface area contributed by atoms with Gasteiger partial charge in [-0.05, 0) is 29.8 Å². The van der Waals surface area contributed by atoms with Gasteiger partial charge in [0.05, 0.1) is 0 Å². The third kappa shape index (κ3) is 3.92. The molecule has 1 fully saturated rings. The maximum atomic E-state index is 12.1. The van der Waals surface area contributed by atoms with Crippen LogP contribution in [0, 0.1) is 0 Å². The van der Waals surface area contributed by atoms with Crippen molar-refractivity contribution in [3.8, 4) is 11.5 Å². The summed E-state index contributed by atoms with van der Waals surface area (Å²) in [5.74, 6) is 1.01. The molecule has 0 amide bonds. The topological polar surface area (TPSA) is 34.6 Å². The van der Waals surface area contributed by atoms with Crippen molar-refractivity contribution in [2.75, 3.05) is 13.1 Å². The van der Waals surface area contributed by atoms with Gasteiger partial charge in [-0.1, -0.05) is 12.1 Å². The smallest absolute Gasteiger partial charge is 0.387 e. The summed E-state index contributed by atoms with van der Waals surface area (Å²) in [5, 5.41) is 0. The number of ether oxygens (including phenoxy) is 2. The predicted octanol–water partition coefficient (Wildman–Crippen LogP) is 2.95. The third-order valence-corrected chi connectivity index (χ3v) is 3.43. The molecule has 1 aliphatic heterocycles. The third-order valence-electron chi connectivity index (χ3n) is 3.43. The molecule has 0 unspecified atom stereocenters. The van der Waals surface area contributed by atoms with Gasteiger partial charge < -0.3 is 9.47 Å². The molecule has 1 saturated heterocycles. The Balaban J connectivity index is 1.44. The standard InChI is InChI=1S/C16H16F2N2O2/c17-16(18)22-13-3-1-12(2-4-13)9-20-10-15(11-20)21-14-5-7-19-8-6-14/h1-8,15-16H,9-11H2. The Morgan fingerprint density at radius 1 is 1.05 bits per heavy atom. The molecule has 3 rings (SSSR count). The van der Waals surface area contributed by atoms with Crippen LogP contribution in [0.25, 0.3) is 0 Å². The molecule has 0 aliphatic carbocycles. The van der Waals surface area contributed by atoms with E-state index < -0.39 is 6.61 Å². The van der Waals surface area contributed by atoms with Crippen LogP contribution in [0.1, 0.15) is 5.56 Å². The lowest BCUT2D eigenvalue weighted by molar-refractivity contribution is -0.0498. The molecule has 4 nitrogen and oxygen atoms in total. The average molecular weight is 306 g/mol. The van der Waals surface area contributed by atoms with E-state index in [0.717, 1.165) is 30.9 Å². The van der Waals surface area contributed by atoms with Gasteiger partial charge in [0, 0.05) is 32.0 Å². The molecule has 0 bridgehead atoms. The second kappa shape index (κ2) is 6.70. The first-order valence-corrected chi connectivity index (χ1v) is 7.02. The molecule has 0 spiro atoms. The number of likely N-dealkylation sites (tertiary alicyclic amines) is 1. The van der Waals surface area contributed by atoms with E-state index >= 15 is 0 Å². The quantitative estimate of drug-likeness (QED) is 0.822. The van der Waals surface area contributed by atoms with Gasteiger partial charge >= 0.3 is 6.61 Å². The van der Waals surface area contributed by atoms with E-state index in [1.165, 1.54) is 0 Å². The minimum atomic E-state index is -2.78. The number of aromatic nitrogens is 1. The Morgan fingerprint density at radius 3 is 2.36 bits per heavy atom. The highest BCUT2D eigenvalue weighted by molar-refractivity contribution is 5.27. The number of alkyl halides is 2. The fourth-order valence-corrected chi connectivity index (χ4v) is 2.37. The summed E-state index contributed by atoms with van der Waals surface area (Å²) in [4.78, 5) is 6.18. The van der Waals surface area contributed by atoms with Gasteiger partial charge in [0.1, 0.15) is 17.6 Å². The van der Waals surface area contributed by atoms with Crippen LogP contribution in [-0.4, -0.2) is 35.7 Å². The maximum Gasteiger partial charge on any atom is 0.387 e. The van der Waals surface area contributed by atoms with Crippen molar-refractivity contribution in [3.05, 3.63) is 54.4 Å². The van der Waals surface area contributed by atoms with E-state index in [2.05, 4.69) is 14.6 Å². The molecule has 2 heterocycles. The lowest BCUT2D eigenvalue weighted by Gasteiger charge is -2.39. The Hall–Kier alpha value is -2.21. The van der Waals surface area contributed by atoms with Crippen molar-refractivity contribution in [2.24, 2.45) is 0 Å². The van der Waals surface area contributed by atoms with Crippen LogP contribution >= 0.6 is 0 Å². The van der Waals surface area contributed by atoms with Gasteiger partial charge in [-0.25, -0.2) is 0 Å². The lowest BCUT2D eigenvalue weighted by atomic mass is 10.1. The highest BCUT2D eigenvalue weighted by Crippen LogP contribution is 2.21. The summed E-state index contributed by atoms with van der Waals surface area (Å²) in [6.07, 6.45) is 3.59. The van der Waals surface area contributed by atoms with E-state index in [1.807, 2.05) is 12.1 Å². The molecule has 1 aromatic heterocycles. The Morgan fingerprint density at radius 2 is 1.73 bits per heavy atom. The van der Waals surface area contributed by atoms with E-state index in [-0.39, 0.29) is 11.9 Å². The summed E-state index contributed by atoms with van der Waals surface area (Å²) in [5.41, 5.74) is 1.06. The van der Waals surface area contributed by atoms with Gasteiger partial charge in [0.25, 0.3) is 0 Å². The first-order chi connectivity index (χ1) is 10.7. The fraction of sp³-hybridized carbons (Fsp3) is 0.312. The number of benzene rings is 1. The van der Waals surface area contributed by atoms with Gasteiger partial charge in [-0.2, -0.15) is 8.78 Å². The van der Waals surface area contributed by atoms with Crippen molar-refractivity contribution in [1.82, 2.24) is 9.88 Å². The zero-order chi connectivity index (χ0) is 15.4. The second-order valence-electron chi connectivity index (χ2n) is 5.14. The molecule has 116 valence electrons. The minimum Gasteiger partial charge on any atom is -0.488 e. The van der Waals surface area contributed by atoms with Gasteiger partial charge in [0.15, 0.2) is 0 Å². The maximum absolute atomic E-state index is 12.1. The summed E-state index contributed by atoms with van der Waals surface area (Å²) >= 11 is 0. The van der Waals surface area contributed by atoms with Crippen molar-refractivity contribution in [2.45, 2.75) is 19.3 Å². The SMILES string of the molecule is FC(F)Oc1ccc(CN2CC(Oc3ccncc3)C2)cc1. The molecule has 6 heteroatoms. The summed E-state index contributed by atoms with van der Waals surface area (Å²) in [6, 6.07) is 10.4. The summed E-state index contributed by atoms with van der Waals surface area (Å²) in [6.45, 7) is -0.326. The molecule has 0 atom stereocenters. The largest absolute Gasteiger partial charge is 0.488 e. The summed E-state index contributed by atoms with van der Waals surface area (Å²) < 4.78 is 34.3. The predicted molar refractivity (Wildman–Crippen MR) is 77.0 cm³/mol. The Labute approximate surface area is 127 Å². The van der Waals surface area contributed by atoms with E-state index in [9.17, 15) is 8.78 Å². The second-order valence-corrected chi connectivity index (χ2v) is 5.14. The van der Waals surface area contributed by atoms with Crippen LogP contribution in [0.5, 0.6) is 11.5 Å². The van der Waals surface area contributed by atoms with Gasteiger partial charge in [-0.3, -0.25) is 9.88 Å². The van der Waals surface area contributed by atoms with Crippen molar-refractivity contribution in [1.29, 1.82) is 0 Å². The normalized spacial score (nSPS) is 15.6. The molecule has 1 aliphatic rings. The molecule has 0 radical (unpaired) electrons. The molecule has 0 N–H and O–H groups in total. The number of nitrogens with zero attached hydrogens (tertiary/aromatic N) is 2.